The van der Waals surface area contributed by atoms with Crippen LogP contribution in [0.4, 0.5) is 0 Å². The average Bonchev–Trinajstić information content (AvgIpc) is 2.33. The molecule has 0 saturated heterocycles. The van der Waals surface area contributed by atoms with Gasteiger partial charge >= 0.3 is 54.3 Å². The molecule has 0 saturated carbocycles. The Morgan fingerprint density at radius 3 is 1.68 bits per heavy atom. The molecule has 3 N–H and O–H groups in total. The molecule has 0 aliphatic heterocycles. The van der Waals surface area contributed by atoms with Crippen LogP contribution in [0.2, 0.25) is 0 Å². The summed E-state index contributed by atoms with van der Waals surface area (Å²) in [5.74, 6) is 0.126. The first-order valence-electron chi connectivity index (χ1n) is 7.28. The summed E-state index contributed by atoms with van der Waals surface area (Å²) in [6.45, 7) is 5.68. The maximum absolute atomic E-state index is 11.5. The summed E-state index contributed by atoms with van der Waals surface area (Å²) in [7, 11) is -5.22. The van der Waals surface area contributed by atoms with Crippen molar-refractivity contribution in [1.82, 2.24) is 0 Å². The number of benzene rings is 1. The molecule has 0 heterocycles. The van der Waals surface area contributed by atoms with Crippen LogP contribution in [0.15, 0.2) is 12.1 Å². The molecule has 0 fully saturated rings. The van der Waals surface area contributed by atoms with Crippen LogP contribution in [-0.2, 0) is 36.3 Å². The Kier molecular flexibility index (Phi) is 8.26. The van der Waals surface area contributed by atoms with E-state index in [0.717, 1.165) is 0 Å². The predicted octanol–water partition coefficient (Wildman–Crippen LogP) is 2.58. The average molecular weight is 422 g/mol. The number of rotatable bonds is 4. The van der Waals surface area contributed by atoms with Crippen molar-refractivity contribution >= 4 is 54.3 Å². The van der Waals surface area contributed by atoms with Gasteiger partial charge in [0.25, 0.3) is 0 Å². The van der Waals surface area contributed by atoms with Gasteiger partial charge in [-0.25, -0.2) is 4.57 Å². The van der Waals surface area contributed by atoms with Gasteiger partial charge in [-0.1, -0.05) is 41.5 Å². The Bertz CT molecular complexity index is 741. The van der Waals surface area contributed by atoms with E-state index >= 15 is 0 Å². The van der Waals surface area contributed by atoms with Crippen molar-refractivity contribution in [2.75, 3.05) is 0 Å². The first kappa shape index (κ1) is 25.3. The second-order valence-electron chi connectivity index (χ2n) is 7.73. The summed E-state index contributed by atoms with van der Waals surface area (Å²) >= 11 is 0. The van der Waals surface area contributed by atoms with Gasteiger partial charge in [0.1, 0.15) is 5.75 Å². The third kappa shape index (κ3) is 6.47. The molecule has 0 amide bonds. The van der Waals surface area contributed by atoms with Gasteiger partial charge in [-0.2, -0.15) is 8.42 Å². The van der Waals surface area contributed by atoms with Crippen LogP contribution in [0.1, 0.15) is 58.2 Å². The fraction of sp³-hybridized carbons (Fsp3) is 0.600. The number of hydrogen-bond donors (Lipinski definition) is 3. The molecule has 25 heavy (non-hydrogen) atoms. The van der Waals surface area contributed by atoms with Gasteiger partial charge in [-0.05, 0) is 39.7 Å². The Labute approximate surface area is 178 Å². The second kappa shape index (κ2) is 8.15. The van der Waals surface area contributed by atoms with E-state index in [1.54, 1.807) is 12.1 Å². The first-order valence-corrected chi connectivity index (χ1v) is 10.9. The molecule has 142 valence electrons. The summed E-state index contributed by atoms with van der Waals surface area (Å²) in [6.07, 6.45) is 0. The molecule has 1 unspecified atom stereocenters. The molecule has 7 nitrogen and oxygen atoms in total. The molecule has 0 spiro atoms. The van der Waals surface area contributed by atoms with Gasteiger partial charge in [-0.3, -0.25) is 9.08 Å². The zero-order chi connectivity index (χ0) is 19.1. The van der Waals surface area contributed by atoms with E-state index in [2.05, 4.69) is 4.52 Å². The van der Waals surface area contributed by atoms with Gasteiger partial charge in [-0.15, -0.1) is 0 Å². The topological polar surface area (TPSA) is 121 Å². The first-order chi connectivity index (χ1) is 10.5. The number of aromatic hydroxyl groups is 1. The zero-order valence-electron chi connectivity index (χ0n) is 14.7. The van der Waals surface area contributed by atoms with Crippen molar-refractivity contribution in [2.24, 2.45) is 0 Å². The molecule has 1 aromatic rings. The quantitative estimate of drug-likeness (QED) is 0.387. The fourth-order valence-corrected chi connectivity index (χ4v) is 3.15. The van der Waals surface area contributed by atoms with E-state index < -0.39 is 34.0 Å². The Hall–Kier alpha value is 0.340. The van der Waals surface area contributed by atoms with Crippen LogP contribution < -0.4 is 0 Å². The van der Waals surface area contributed by atoms with Crippen LogP contribution in [0.5, 0.6) is 5.75 Å². The van der Waals surface area contributed by atoms with Crippen molar-refractivity contribution in [1.29, 1.82) is 0 Å². The SMILES string of the molecule is CC(C)(C)c1cc(COP(=O)(O)S(=O)(=O)O)cc(C(C)(C)C)c1O.[CaH2]. The molecule has 10 heteroatoms. The van der Waals surface area contributed by atoms with Crippen molar-refractivity contribution in [3.63, 3.8) is 0 Å². The van der Waals surface area contributed by atoms with Crippen LogP contribution in [0.3, 0.4) is 0 Å². The molecule has 1 aromatic carbocycles. The fourth-order valence-electron chi connectivity index (χ4n) is 2.14. The van der Waals surface area contributed by atoms with Gasteiger partial charge in [0, 0.05) is 0 Å². The minimum atomic E-state index is -5.22. The van der Waals surface area contributed by atoms with Crippen molar-refractivity contribution in [3.8, 4) is 5.75 Å². The molecule has 1 rings (SSSR count). The molecule has 0 aliphatic rings. The van der Waals surface area contributed by atoms with Gasteiger partial charge in [0.2, 0.25) is 0 Å². The zero-order valence-corrected chi connectivity index (χ0v) is 16.4. The molecule has 0 aromatic heterocycles. The molecular formula is C15H27CaO7PS. The molecule has 1 atom stereocenters. The Morgan fingerprint density at radius 1 is 1.04 bits per heavy atom. The van der Waals surface area contributed by atoms with E-state index in [1.165, 1.54) is 0 Å². The second-order valence-corrected chi connectivity index (χ2v) is 12.6. The van der Waals surface area contributed by atoms with Crippen LogP contribution in [0, 0.1) is 0 Å². The van der Waals surface area contributed by atoms with Crippen molar-refractivity contribution in [2.45, 2.75) is 59.0 Å². The van der Waals surface area contributed by atoms with Crippen LogP contribution >= 0.6 is 6.80 Å². The summed E-state index contributed by atoms with van der Waals surface area (Å²) in [4.78, 5) is 9.27. The van der Waals surface area contributed by atoms with Crippen molar-refractivity contribution < 1.29 is 32.1 Å². The van der Waals surface area contributed by atoms with Gasteiger partial charge in [0.05, 0.1) is 6.61 Å². The van der Waals surface area contributed by atoms with E-state index in [-0.39, 0.29) is 43.5 Å². The third-order valence-corrected chi connectivity index (χ3v) is 6.58. The van der Waals surface area contributed by atoms with Crippen LogP contribution in [-0.4, -0.2) is 60.7 Å². The number of phenolic OH excluding ortho intramolecular Hbond substituents is 1. The van der Waals surface area contributed by atoms with E-state index in [4.69, 9.17) is 4.55 Å². The van der Waals surface area contributed by atoms with Crippen molar-refractivity contribution in [3.05, 3.63) is 28.8 Å². The Balaban J connectivity index is 0.00000576. The molecular weight excluding hydrogens is 395 g/mol. The molecule has 0 radical (unpaired) electrons. The summed E-state index contributed by atoms with van der Waals surface area (Å²) in [6, 6.07) is 3.18. The van der Waals surface area contributed by atoms with E-state index in [9.17, 15) is 23.0 Å². The third-order valence-electron chi connectivity index (χ3n) is 3.47. The van der Waals surface area contributed by atoms with Gasteiger partial charge in [0.15, 0.2) is 0 Å². The van der Waals surface area contributed by atoms with E-state index in [1.807, 2.05) is 41.5 Å². The number of phenols is 1. The van der Waals surface area contributed by atoms with Gasteiger partial charge < -0.3 is 10.00 Å². The predicted molar refractivity (Wildman–Crippen MR) is 100 cm³/mol. The minimum absolute atomic E-state index is 0. The normalized spacial score (nSPS) is 15.4. The maximum atomic E-state index is 11.5. The van der Waals surface area contributed by atoms with Crippen LogP contribution in [0.25, 0.3) is 0 Å². The standard InChI is InChI=1S/C15H25O7PS.Ca.2H/c1-14(2,3)11-7-10(8-12(13(11)16)15(4,5)6)9-22-23(17,18)24(19,20)21;;;/h7-8,16H,9H2,1-6H3,(H,17,18)(H,19,20,21);;;. The van der Waals surface area contributed by atoms with E-state index in [0.29, 0.717) is 16.7 Å². The summed E-state index contributed by atoms with van der Waals surface area (Å²) < 4.78 is 46.5. The molecule has 0 aliphatic carbocycles. The summed E-state index contributed by atoms with van der Waals surface area (Å²) in [5, 5.41) is 10.6. The number of hydrogen-bond acceptors (Lipinski definition) is 5. The molecule has 0 bridgehead atoms. The summed E-state index contributed by atoms with van der Waals surface area (Å²) in [5.41, 5.74) is 0.805. The Morgan fingerprint density at radius 2 is 1.40 bits per heavy atom. The monoisotopic (exact) mass is 422 g/mol.